The third-order valence-corrected chi connectivity index (χ3v) is 12.5. The van der Waals surface area contributed by atoms with Crippen molar-refractivity contribution >= 4 is 65.4 Å². The van der Waals surface area contributed by atoms with Gasteiger partial charge in [0.15, 0.2) is 17.5 Å². The molecule has 13 rings (SSSR count). The van der Waals surface area contributed by atoms with Crippen LogP contribution in [0.2, 0.25) is 0 Å². The summed E-state index contributed by atoms with van der Waals surface area (Å²) in [5, 5.41) is 7.41. The molecule has 0 fully saturated rings. The largest absolute Gasteiger partial charge is 0.309 e. The minimum atomic E-state index is 0.633. The van der Waals surface area contributed by atoms with E-state index in [1.807, 2.05) is 60.7 Å². The van der Waals surface area contributed by atoms with E-state index < -0.39 is 0 Å². The Morgan fingerprint density at radius 1 is 0.238 bits per heavy atom. The Bertz CT molecular complexity index is 3790. The third-order valence-electron chi connectivity index (χ3n) is 12.5. The first-order valence-electron chi connectivity index (χ1n) is 21.3. The molecule has 63 heavy (non-hydrogen) atoms. The van der Waals surface area contributed by atoms with Gasteiger partial charge in [-0.2, -0.15) is 0 Å². The Labute approximate surface area is 362 Å². The molecule has 0 aliphatic carbocycles. The van der Waals surface area contributed by atoms with Crippen LogP contribution >= 0.6 is 0 Å². The van der Waals surface area contributed by atoms with Crippen LogP contribution in [-0.4, -0.2) is 28.7 Å². The van der Waals surface area contributed by atoms with Crippen molar-refractivity contribution in [1.29, 1.82) is 0 Å². The van der Waals surface area contributed by atoms with Crippen LogP contribution in [-0.2, 0) is 0 Å². The van der Waals surface area contributed by atoms with Crippen molar-refractivity contribution in [2.24, 2.45) is 0 Å². The lowest BCUT2D eigenvalue weighted by Gasteiger charge is -2.13. The second kappa shape index (κ2) is 14.0. The van der Waals surface area contributed by atoms with E-state index in [-0.39, 0.29) is 0 Å². The number of aromatic nitrogens is 6. The Morgan fingerprint density at radius 3 is 1.05 bits per heavy atom. The fourth-order valence-electron chi connectivity index (χ4n) is 9.74. The highest BCUT2D eigenvalue weighted by Crippen LogP contribution is 2.43. The van der Waals surface area contributed by atoms with Crippen LogP contribution in [0, 0.1) is 0 Å². The smallest absolute Gasteiger partial charge is 0.164 e. The van der Waals surface area contributed by atoms with Crippen molar-refractivity contribution in [2.45, 2.75) is 0 Å². The second-order valence-electron chi connectivity index (χ2n) is 16.0. The average Bonchev–Trinajstić information content (AvgIpc) is 4.00. The fraction of sp³-hybridized carbons (Fsp3) is 0. The van der Waals surface area contributed by atoms with Gasteiger partial charge in [0.2, 0.25) is 0 Å². The first-order valence-corrected chi connectivity index (χ1v) is 21.3. The molecule has 6 nitrogen and oxygen atoms in total. The van der Waals surface area contributed by atoms with Gasteiger partial charge in [-0.1, -0.05) is 140 Å². The molecule has 0 aliphatic rings. The molecule has 0 amide bonds. The number of nitrogens with zero attached hydrogens (tertiary/aromatic N) is 6. The number of para-hydroxylation sites is 4. The topological polar surface area (TPSA) is 53.5 Å². The van der Waals surface area contributed by atoms with Gasteiger partial charge in [-0.25, -0.2) is 15.0 Å². The molecule has 0 saturated carbocycles. The standard InChI is InChI=1S/C57H36N6/c1-3-16-37(17-4-1)55-58-56(38-18-5-2-6-19-38)60-57(59-55)39-30-32-40(33-31-39)61-49-28-13-9-24-45(49)53-51(61)34-35-52-54(53)46-25-10-14-29-50(46)63(52)42-21-15-20-41(36-42)62-47-26-11-7-22-43(47)44-23-8-12-27-48(44)62/h1-36H. The summed E-state index contributed by atoms with van der Waals surface area (Å²) in [6, 6.07) is 77.4. The van der Waals surface area contributed by atoms with E-state index in [2.05, 4.69) is 171 Å². The van der Waals surface area contributed by atoms with Crippen molar-refractivity contribution in [3.05, 3.63) is 218 Å². The van der Waals surface area contributed by atoms with Crippen molar-refractivity contribution in [3.63, 3.8) is 0 Å². The molecule has 4 aromatic heterocycles. The summed E-state index contributed by atoms with van der Waals surface area (Å²) in [6.45, 7) is 0. The van der Waals surface area contributed by atoms with Crippen LogP contribution in [0.15, 0.2) is 218 Å². The maximum Gasteiger partial charge on any atom is 0.164 e. The average molecular weight is 805 g/mol. The lowest BCUT2D eigenvalue weighted by atomic mass is 10.1. The van der Waals surface area contributed by atoms with E-state index in [9.17, 15) is 0 Å². The molecular weight excluding hydrogens is 769 g/mol. The Morgan fingerprint density at radius 2 is 0.587 bits per heavy atom. The SMILES string of the molecule is c1ccc(-c2nc(-c3ccccc3)nc(-c3ccc(-n4c5ccccc5c5c6c7ccccc7n(-c7cccc(-n8c9ccccc9c9ccccc98)c7)c6ccc54)cc3)n2)cc1. The zero-order valence-electron chi connectivity index (χ0n) is 34.0. The highest BCUT2D eigenvalue weighted by molar-refractivity contribution is 6.29. The molecule has 4 heterocycles. The van der Waals surface area contributed by atoms with E-state index in [1.54, 1.807) is 0 Å². The Balaban J connectivity index is 0.979. The number of benzene rings is 9. The van der Waals surface area contributed by atoms with Crippen molar-refractivity contribution in [2.75, 3.05) is 0 Å². The normalized spacial score (nSPS) is 11.8. The number of hydrogen-bond acceptors (Lipinski definition) is 3. The maximum atomic E-state index is 5.00. The summed E-state index contributed by atoms with van der Waals surface area (Å²) in [6.07, 6.45) is 0. The van der Waals surface area contributed by atoms with E-state index in [0.717, 1.165) is 44.8 Å². The minimum Gasteiger partial charge on any atom is -0.309 e. The summed E-state index contributed by atoms with van der Waals surface area (Å²) >= 11 is 0. The zero-order chi connectivity index (χ0) is 41.4. The van der Waals surface area contributed by atoms with Gasteiger partial charge in [-0.05, 0) is 78.9 Å². The first kappa shape index (κ1) is 35.2. The van der Waals surface area contributed by atoms with Crippen molar-refractivity contribution in [1.82, 2.24) is 28.7 Å². The molecule has 0 unspecified atom stereocenters. The predicted octanol–water partition coefficient (Wildman–Crippen LogP) is 14.2. The summed E-state index contributed by atoms with van der Waals surface area (Å²) in [5.41, 5.74) is 13.1. The Kier molecular flexibility index (Phi) is 7.80. The van der Waals surface area contributed by atoms with E-state index in [4.69, 9.17) is 15.0 Å². The van der Waals surface area contributed by atoms with Gasteiger partial charge < -0.3 is 13.7 Å². The van der Waals surface area contributed by atoms with Crippen molar-refractivity contribution in [3.8, 4) is 51.2 Å². The molecule has 9 aromatic carbocycles. The van der Waals surface area contributed by atoms with Gasteiger partial charge in [0.05, 0.1) is 33.1 Å². The monoisotopic (exact) mass is 804 g/mol. The van der Waals surface area contributed by atoms with Crippen LogP contribution in [0.4, 0.5) is 0 Å². The van der Waals surface area contributed by atoms with E-state index >= 15 is 0 Å². The number of rotatable bonds is 6. The molecule has 0 atom stereocenters. The molecule has 0 saturated heterocycles. The molecule has 0 radical (unpaired) electrons. The van der Waals surface area contributed by atoms with E-state index in [1.165, 1.54) is 54.4 Å². The fourth-order valence-corrected chi connectivity index (χ4v) is 9.74. The summed E-state index contributed by atoms with van der Waals surface area (Å²) in [5.74, 6) is 1.92. The predicted molar refractivity (Wildman–Crippen MR) is 259 cm³/mol. The third kappa shape index (κ3) is 5.48. The summed E-state index contributed by atoms with van der Waals surface area (Å²) in [7, 11) is 0. The maximum absolute atomic E-state index is 5.00. The molecule has 13 aromatic rings. The van der Waals surface area contributed by atoms with Gasteiger partial charge >= 0.3 is 0 Å². The lowest BCUT2D eigenvalue weighted by molar-refractivity contribution is 1.07. The van der Waals surface area contributed by atoms with Crippen LogP contribution in [0.5, 0.6) is 0 Å². The quantitative estimate of drug-likeness (QED) is 0.168. The molecule has 6 heteroatoms. The van der Waals surface area contributed by atoms with Crippen LogP contribution in [0.1, 0.15) is 0 Å². The lowest BCUT2D eigenvalue weighted by Crippen LogP contribution is -2.00. The molecule has 0 bridgehead atoms. The van der Waals surface area contributed by atoms with Crippen LogP contribution < -0.4 is 0 Å². The summed E-state index contributed by atoms with van der Waals surface area (Å²) < 4.78 is 7.22. The van der Waals surface area contributed by atoms with Crippen molar-refractivity contribution < 1.29 is 0 Å². The van der Waals surface area contributed by atoms with Crippen LogP contribution in [0.3, 0.4) is 0 Å². The molecule has 0 aliphatic heterocycles. The molecular formula is C57H36N6. The number of fused-ring (bicyclic) bond motifs is 10. The number of hydrogen-bond donors (Lipinski definition) is 0. The van der Waals surface area contributed by atoms with Gasteiger partial charge in [-0.3, -0.25) is 0 Å². The first-order chi connectivity index (χ1) is 31.3. The van der Waals surface area contributed by atoms with Gasteiger partial charge in [0, 0.05) is 66.1 Å². The molecule has 0 N–H and O–H groups in total. The summed E-state index contributed by atoms with van der Waals surface area (Å²) in [4.78, 5) is 14.9. The zero-order valence-corrected chi connectivity index (χ0v) is 34.0. The van der Waals surface area contributed by atoms with E-state index in [0.29, 0.717) is 17.5 Å². The van der Waals surface area contributed by atoms with Crippen LogP contribution in [0.25, 0.3) is 117 Å². The highest BCUT2D eigenvalue weighted by atomic mass is 15.0. The molecule has 0 spiro atoms. The van der Waals surface area contributed by atoms with Gasteiger partial charge in [0.1, 0.15) is 0 Å². The second-order valence-corrected chi connectivity index (χ2v) is 16.0. The Hall–Kier alpha value is -8.61. The van der Waals surface area contributed by atoms with Gasteiger partial charge in [-0.15, -0.1) is 0 Å². The van der Waals surface area contributed by atoms with Gasteiger partial charge in [0.25, 0.3) is 0 Å². The minimum absolute atomic E-state index is 0.633. The highest BCUT2D eigenvalue weighted by Gasteiger charge is 2.21. The molecule has 294 valence electrons.